The summed E-state index contributed by atoms with van der Waals surface area (Å²) < 4.78 is 21.1. The van der Waals surface area contributed by atoms with Crippen LogP contribution in [0.4, 0.5) is 10.3 Å². The Bertz CT molecular complexity index is 1030. The summed E-state index contributed by atoms with van der Waals surface area (Å²) >= 11 is 2.94. The van der Waals surface area contributed by atoms with E-state index in [1.807, 2.05) is 30.5 Å². The molecule has 1 aliphatic rings. The van der Waals surface area contributed by atoms with Gasteiger partial charge in [-0.15, -0.1) is 21.5 Å². The molecule has 6 nitrogen and oxygen atoms in total. The van der Waals surface area contributed by atoms with Crippen molar-refractivity contribution in [1.29, 1.82) is 0 Å². The summed E-state index contributed by atoms with van der Waals surface area (Å²) in [4.78, 5) is 16.9. The van der Waals surface area contributed by atoms with Crippen LogP contribution in [-0.2, 0) is 4.74 Å². The van der Waals surface area contributed by atoms with Gasteiger partial charge in [0.05, 0.1) is 24.7 Å². The summed E-state index contributed by atoms with van der Waals surface area (Å²) in [7, 11) is 0. The molecular formula is C20H21FN4O2S2. The standard InChI is InChI=1S/C20H21FN4O2S2/c1-13-10-17(14(2)29-13)18(26)12-28-20-23-22-19(24-6-8-27-9-7-24)25(20)16-5-3-4-15(21)11-16/h3-5,10-11H,6-9,12H2,1-2H3. The van der Waals surface area contributed by atoms with Crippen LogP contribution in [0.25, 0.3) is 5.69 Å². The van der Waals surface area contributed by atoms with Crippen LogP contribution in [0.1, 0.15) is 20.1 Å². The van der Waals surface area contributed by atoms with Gasteiger partial charge < -0.3 is 9.64 Å². The lowest BCUT2D eigenvalue weighted by Crippen LogP contribution is -2.37. The second-order valence-corrected chi connectivity index (χ2v) is 9.14. The largest absolute Gasteiger partial charge is 0.378 e. The van der Waals surface area contributed by atoms with Crippen molar-refractivity contribution in [2.24, 2.45) is 0 Å². The molecule has 0 aliphatic carbocycles. The molecule has 0 amide bonds. The van der Waals surface area contributed by atoms with E-state index < -0.39 is 0 Å². The van der Waals surface area contributed by atoms with Crippen molar-refractivity contribution in [2.75, 3.05) is 37.0 Å². The van der Waals surface area contributed by atoms with Crippen molar-refractivity contribution in [1.82, 2.24) is 14.8 Å². The number of carbonyl (C=O) groups is 1. The molecule has 0 atom stereocenters. The molecule has 1 aliphatic heterocycles. The number of nitrogens with zero attached hydrogens (tertiary/aromatic N) is 4. The molecule has 1 aromatic carbocycles. The van der Waals surface area contributed by atoms with Crippen LogP contribution in [0, 0.1) is 19.7 Å². The third-order valence-electron chi connectivity index (χ3n) is 4.65. The van der Waals surface area contributed by atoms with E-state index in [9.17, 15) is 9.18 Å². The maximum atomic E-state index is 13.9. The van der Waals surface area contributed by atoms with Crippen LogP contribution in [0.2, 0.25) is 0 Å². The predicted octanol–water partition coefficient (Wildman–Crippen LogP) is 3.90. The number of benzene rings is 1. The van der Waals surface area contributed by atoms with Gasteiger partial charge in [0.2, 0.25) is 5.95 Å². The summed E-state index contributed by atoms with van der Waals surface area (Å²) in [5.41, 5.74) is 1.39. The molecule has 0 bridgehead atoms. The molecule has 3 heterocycles. The number of thiophene rings is 1. The second kappa shape index (κ2) is 8.64. The Kier molecular flexibility index (Phi) is 5.98. The van der Waals surface area contributed by atoms with Gasteiger partial charge in [-0.25, -0.2) is 4.39 Å². The van der Waals surface area contributed by atoms with E-state index in [2.05, 4.69) is 15.1 Å². The lowest BCUT2D eigenvalue weighted by molar-refractivity contribution is 0.102. The lowest BCUT2D eigenvalue weighted by atomic mass is 10.2. The number of rotatable bonds is 6. The normalized spacial score (nSPS) is 14.4. The van der Waals surface area contributed by atoms with Gasteiger partial charge in [-0.2, -0.15) is 0 Å². The third kappa shape index (κ3) is 4.36. The number of morpholine rings is 1. The summed E-state index contributed by atoms with van der Waals surface area (Å²) in [5.74, 6) is 0.601. The number of ether oxygens (including phenoxy) is 1. The molecule has 0 radical (unpaired) electrons. The van der Waals surface area contributed by atoms with Gasteiger partial charge in [0.1, 0.15) is 5.82 Å². The van der Waals surface area contributed by atoms with Crippen LogP contribution >= 0.6 is 23.1 Å². The molecule has 3 aromatic rings. The van der Waals surface area contributed by atoms with E-state index in [0.717, 1.165) is 15.3 Å². The molecule has 0 N–H and O–H groups in total. The first-order valence-corrected chi connectivity index (χ1v) is 11.1. The summed E-state index contributed by atoms with van der Waals surface area (Å²) in [6.45, 7) is 6.54. The van der Waals surface area contributed by atoms with E-state index in [-0.39, 0.29) is 17.4 Å². The average molecular weight is 433 g/mol. The number of thioether (sulfide) groups is 1. The van der Waals surface area contributed by atoms with Crippen molar-refractivity contribution >= 4 is 34.8 Å². The van der Waals surface area contributed by atoms with Crippen LogP contribution in [0.3, 0.4) is 0 Å². The molecule has 2 aromatic heterocycles. The summed E-state index contributed by atoms with van der Waals surface area (Å²) in [6, 6.07) is 8.25. The number of aromatic nitrogens is 3. The number of hydrogen-bond acceptors (Lipinski definition) is 7. The first kappa shape index (κ1) is 20.1. The molecule has 9 heteroatoms. The van der Waals surface area contributed by atoms with Gasteiger partial charge in [-0.1, -0.05) is 17.8 Å². The van der Waals surface area contributed by atoms with Crippen molar-refractivity contribution in [3.05, 3.63) is 51.5 Å². The molecule has 29 heavy (non-hydrogen) atoms. The number of halogens is 1. The SMILES string of the molecule is Cc1cc(C(=O)CSc2nnc(N3CCOCC3)n2-c2cccc(F)c2)c(C)s1. The van der Waals surface area contributed by atoms with E-state index >= 15 is 0 Å². The van der Waals surface area contributed by atoms with Crippen molar-refractivity contribution < 1.29 is 13.9 Å². The van der Waals surface area contributed by atoms with Crippen LogP contribution in [0.5, 0.6) is 0 Å². The molecule has 152 valence electrons. The zero-order valence-electron chi connectivity index (χ0n) is 16.2. The number of aryl methyl sites for hydroxylation is 2. The molecule has 1 saturated heterocycles. The number of anilines is 1. The van der Waals surface area contributed by atoms with Crippen molar-refractivity contribution in [2.45, 2.75) is 19.0 Å². The molecule has 4 rings (SSSR count). The Morgan fingerprint density at radius 2 is 2.03 bits per heavy atom. The van der Waals surface area contributed by atoms with Gasteiger partial charge in [0.15, 0.2) is 10.9 Å². The molecule has 0 spiro atoms. The highest BCUT2D eigenvalue weighted by Crippen LogP contribution is 2.29. The summed E-state index contributed by atoms with van der Waals surface area (Å²) in [5, 5.41) is 9.23. The minimum absolute atomic E-state index is 0.0542. The van der Waals surface area contributed by atoms with E-state index in [0.29, 0.717) is 43.1 Å². The number of carbonyl (C=O) groups excluding carboxylic acids is 1. The molecule has 1 fully saturated rings. The molecule has 0 saturated carbocycles. The van der Waals surface area contributed by atoms with Gasteiger partial charge in [0, 0.05) is 28.4 Å². The molecule has 0 unspecified atom stereocenters. The topological polar surface area (TPSA) is 60.3 Å². The second-order valence-electron chi connectivity index (χ2n) is 6.74. The Balaban J connectivity index is 1.63. The monoisotopic (exact) mass is 432 g/mol. The Labute approximate surface area is 176 Å². The Hall–Kier alpha value is -2.23. The fourth-order valence-corrected chi connectivity index (χ4v) is 5.05. The highest BCUT2D eigenvalue weighted by molar-refractivity contribution is 7.99. The fourth-order valence-electron chi connectivity index (χ4n) is 3.28. The van der Waals surface area contributed by atoms with Crippen molar-refractivity contribution in [3.8, 4) is 5.69 Å². The van der Waals surface area contributed by atoms with Gasteiger partial charge in [0.25, 0.3) is 0 Å². The lowest BCUT2D eigenvalue weighted by Gasteiger charge is -2.27. The Morgan fingerprint density at radius 1 is 1.24 bits per heavy atom. The van der Waals surface area contributed by atoms with Gasteiger partial charge in [-0.05, 0) is 38.1 Å². The first-order chi connectivity index (χ1) is 14.0. The number of ketones is 1. The van der Waals surface area contributed by atoms with Gasteiger partial charge in [-0.3, -0.25) is 9.36 Å². The quantitative estimate of drug-likeness (QED) is 0.435. The smallest absolute Gasteiger partial charge is 0.232 e. The van der Waals surface area contributed by atoms with E-state index in [4.69, 9.17) is 4.74 Å². The first-order valence-electron chi connectivity index (χ1n) is 9.30. The predicted molar refractivity (Wildman–Crippen MR) is 113 cm³/mol. The minimum Gasteiger partial charge on any atom is -0.378 e. The number of hydrogen-bond donors (Lipinski definition) is 0. The van der Waals surface area contributed by atoms with Crippen LogP contribution in [0.15, 0.2) is 35.5 Å². The minimum atomic E-state index is -0.333. The zero-order chi connectivity index (χ0) is 20.4. The fraction of sp³-hybridized carbons (Fsp3) is 0.350. The van der Waals surface area contributed by atoms with Crippen molar-refractivity contribution in [3.63, 3.8) is 0 Å². The maximum Gasteiger partial charge on any atom is 0.232 e. The highest BCUT2D eigenvalue weighted by atomic mass is 32.2. The highest BCUT2D eigenvalue weighted by Gasteiger charge is 2.23. The maximum absolute atomic E-state index is 13.9. The van der Waals surface area contributed by atoms with Crippen LogP contribution < -0.4 is 4.90 Å². The number of Topliss-reactive ketones (excluding diaryl/α,β-unsaturated/α-hetero) is 1. The molecular weight excluding hydrogens is 411 g/mol. The van der Waals surface area contributed by atoms with E-state index in [1.165, 1.54) is 23.9 Å². The zero-order valence-corrected chi connectivity index (χ0v) is 17.9. The van der Waals surface area contributed by atoms with E-state index in [1.54, 1.807) is 17.4 Å². The van der Waals surface area contributed by atoms with Gasteiger partial charge >= 0.3 is 0 Å². The van der Waals surface area contributed by atoms with Crippen LogP contribution in [-0.4, -0.2) is 52.6 Å². The average Bonchev–Trinajstić information content (AvgIpc) is 3.29. The summed E-state index contributed by atoms with van der Waals surface area (Å²) in [6.07, 6.45) is 0. The Morgan fingerprint density at radius 3 is 2.72 bits per heavy atom. The third-order valence-corrected chi connectivity index (χ3v) is 6.55.